The molecular formula is C12H13N7. The van der Waals surface area contributed by atoms with Crippen LogP contribution in [0.4, 0.5) is 0 Å². The second-order valence-corrected chi connectivity index (χ2v) is 4.98. The molecule has 0 radical (unpaired) electrons. The normalized spacial score (nSPS) is 17.5. The number of aromatic amines is 1. The van der Waals surface area contributed by atoms with Crippen molar-refractivity contribution in [2.45, 2.75) is 24.8 Å². The smallest absolute Gasteiger partial charge is 0.186 e. The first-order valence-electron chi connectivity index (χ1n) is 6.26. The molecule has 4 rings (SSSR count). The van der Waals surface area contributed by atoms with Gasteiger partial charge < -0.3 is 10.7 Å². The first-order chi connectivity index (χ1) is 9.26. The number of imidazole rings is 1. The summed E-state index contributed by atoms with van der Waals surface area (Å²) in [6.07, 6.45) is 10.1. The van der Waals surface area contributed by atoms with Crippen molar-refractivity contribution in [3.8, 4) is 11.5 Å². The van der Waals surface area contributed by atoms with Crippen molar-refractivity contribution in [2.24, 2.45) is 5.73 Å². The van der Waals surface area contributed by atoms with Crippen molar-refractivity contribution in [1.82, 2.24) is 29.5 Å². The zero-order valence-corrected chi connectivity index (χ0v) is 10.2. The fourth-order valence-electron chi connectivity index (χ4n) is 2.42. The Hall–Kier alpha value is -2.28. The summed E-state index contributed by atoms with van der Waals surface area (Å²) in [5, 5.41) is 8.24. The first-order valence-corrected chi connectivity index (χ1v) is 6.26. The van der Waals surface area contributed by atoms with Crippen molar-refractivity contribution in [2.75, 3.05) is 0 Å². The molecule has 1 aliphatic carbocycles. The number of aromatic nitrogens is 6. The van der Waals surface area contributed by atoms with Crippen LogP contribution in [0.3, 0.4) is 0 Å². The maximum absolute atomic E-state index is 6.26. The highest BCUT2D eigenvalue weighted by molar-refractivity contribution is 5.54. The standard InChI is InChI=1S/C12H13N7/c13-12(2-1-3-12)11-15-6-8(16-11)10-18-17-9-7-14-4-5-19(9)10/h4-7H,1-3,13H2,(H,15,16). The van der Waals surface area contributed by atoms with Crippen LogP contribution in [-0.4, -0.2) is 29.5 Å². The van der Waals surface area contributed by atoms with E-state index in [0.29, 0.717) is 5.65 Å². The molecular weight excluding hydrogens is 242 g/mol. The largest absolute Gasteiger partial charge is 0.338 e. The van der Waals surface area contributed by atoms with Gasteiger partial charge in [-0.3, -0.25) is 9.38 Å². The Morgan fingerprint density at radius 1 is 1.26 bits per heavy atom. The van der Waals surface area contributed by atoms with E-state index in [1.54, 1.807) is 18.6 Å². The van der Waals surface area contributed by atoms with E-state index in [9.17, 15) is 0 Å². The Labute approximate surface area is 108 Å². The zero-order valence-electron chi connectivity index (χ0n) is 10.2. The second-order valence-electron chi connectivity index (χ2n) is 4.98. The van der Waals surface area contributed by atoms with E-state index in [-0.39, 0.29) is 5.54 Å². The Kier molecular flexibility index (Phi) is 2.02. The monoisotopic (exact) mass is 255 g/mol. The average molecular weight is 255 g/mol. The predicted octanol–water partition coefficient (Wildman–Crippen LogP) is 0.852. The van der Waals surface area contributed by atoms with Crippen LogP contribution in [0.2, 0.25) is 0 Å². The molecule has 3 N–H and O–H groups in total. The third-order valence-corrected chi connectivity index (χ3v) is 3.75. The van der Waals surface area contributed by atoms with Crippen LogP contribution in [-0.2, 0) is 5.54 Å². The molecule has 3 heterocycles. The molecule has 0 atom stereocenters. The van der Waals surface area contributed by atoms with Crippen molar-refractivity contribution < 1.29 is 0 Å². The van der Waals surface area contributed by atoms with Crippen LogP contribution < -0.4 is 5.73 Å². The summed E-state index contributed by atoms with van der Waals surface area (Å²) in [6.45, 7) is 0. The van der Waals surface area contributed by atoms with Gasteiger partial charge >= 0.3 is 0 Å². The van der Waals surface area contributed by atoms with Crippen molar-refractivity contribution >= 4 is 5.65 Å². The summed E-state index contributed by atoms with van der Waals surface area (Å²) in [5.74, 6) is 1.55. The molecule has 0 aromatic carbocycles. The van der Waals surface area contributed by atoms with E-state index in [2.05, 4.69) is 25.1 Å². The van der Waals surface area contributed by atoms with E-state index in [1.807, 2.05) is 10.6 Å². The van der Waals surface area contributed by atoms with Gasteiger partial charge in [-0.2, -0.15) is 0 Å². The number of fused-ring (bicyclic) bond motifs is 1. The highest BCUT2D eigenvalue weighted by atomic mass is 15.3. The van der Waals surface area contributed by atoms with Crippen molar-refractivity contribution in [3.63, 3.8) is 0 Å². The highest BCUT2D eigenvalue weighted by Gasteiger charge is 2.37. The number of hydrogen-bond donors (Lipinski definition) is 2. The minimum absolute atomic E-state index is 0.291. The Morgan fingerprint density at radius 3 is 2.95 bits per heavy atom. The predicted molar refractivity (Wildman–Crippen MR) is 68.1 cm³/mol. The zero-order chi connectivity index (χ0) is 12.9. The molecule has 1 fully saturated rings. The third kappa shape index (κ3) is 1.48. The lowest BCUT2D eigenvalue weighted by atomic mass is 9.77. The van der Waals surface area contributed by atoms with Crippen LogP contribution in [0.25, 0.3) is 17.2 Å². The molecule has 0 amide bonds. The Balaban J connectivity index is 1.80. The first kappa shape index (κ1) is 10.6. The van der Waals surface area contributed by atoms with Crippen LogP contribution >= 0.6 is 0 Å². The minimum atomic E-state index is -0.291. The molecule has 7 nitrogen and oxygen atoms in total. The van der Waals surface area contributed by atoms with Gasteiger partial charge in [-0.1, -0.05) is 0 Å². The van der Waals surface area contributed by atoms with Crippen LogP contribution in [0, 0.1) is 0 Å². The molecule has 19 heavy (non-hydrogen) atoms. The lowest BCUT2D eigenvalue weighted by Crippen LogP contribution is -2.44. The van der Waals surface area contributed by atoms with Crippen LogP contribution in [0.1, 0.15) is 25.1 Å². The Morgan fingerprint density at radius 2 is 2.16 bits per heavy atom. The maximum Gasteiger partial charge on any atom is 0.186 e. The van der Waals surface area contributed by atoms with Gasteiger partial charge in [0, 0.05) is 12.4 Å². The van der Waals surface area contributed by atoms with E-state index >= 15 is 0 Å². The number of nitrogens with two attached hydrogens (primary N) is 1. The van der Waals surface area contributed by atoms with E-state index < -0.39 is 0 Å². The molecule has 1 saturated carbocycles. The van der Waals surface area contributed by atoms with Gasteiger partial charge in [-0.25, -0.2) is 4.98 Å². The molecule has 0 saturated heterocycles. The average Bonchev–Trinajstić information content (AvgIpc) is 3.02. The van der Waals surface area contributed by atoms with Gasteiger partial charge in [0.1, 0.15) is 11.5 Å². The lowest BCUT2D eigenvalue weighted by Gasteiger charge is -2.35. The Bertz CT molecular complexity index is 737. The molecule has 0 bridgehead atoms. The SMILES string of the molecule is NC1(c2ncc(-c3nnc4cnccn34)[nH]2)CCC1. The van der Waals surface area contributed by atoms with Gasteiger partial charge in [0.15, 0.2) is 11.5 Å². The van der Waals surface area contributed by atoms with Crippen LogP contribution in [0.15, 0.2) is 24.8 Å². The highest BCUT2D eigenvalue weighted by Crippen LogP contribution is 2.37. The number of rotatable bonds is 2. The number of hydrogen-bond acceptors (Lipinski definition) is 5. The second kappa shape index (κ2) is 3.61. The minimum Gasteiger partial charge on any atom is -0.338 e. The number of nitrogens with one attached hydrogen (secondary N) is 1. The fourth-order valence-corrected chi connectivity index (χ4v) is 2.42. The summed E-state index contributed by atoms with van der Waals surface area (Å²) in [6, 6.07) is 0. The lowest BCUT2D eigenvalue weighted by molar-refractivity contribution is 0.240. The fraction of sp³-hybridized carbons (Fsp3) is 0.333. The summed E-state index contributed by atoms with van der Waals surface area (Å²) in [5.41, 5.74) is 7.50. The molecule has 3 aromatic rings. The van der Waals surface area contributed by atoms with E-state index in [1.165, 1.54) is 0 Å². The van der Waals surface area contributed by atoms with Crippen molar-refractivity contribution in [3.05, 3.63) is 30.6 Å². The van der Waals surface area contributed by atoms with Crippen LogP contribution in [0.5, 0.6) is 0 Å². The maximum atomic E-state index is 6.26. The van der Waals surface area contributed by atoms with Gasteiger partial charge in [0.25, 0.3) is 0 Å². The molecule has 0 unspecified atom stereocenters. The third-order valence-electron chi connectivity index (χ3n) is 3.75. The topological polar surface area (TPSA) is 97.8 Å². The van der Waals surface area contributed by atoms with Gasteiger partial charge in [0.05, 0.1) is 17.9 Å². The molecule has 96 valence electrons. The van der Waals surface area contributed by atoms with Crippen molar-refractivity contribution in [1.29, 1.82) is 0 Å². The number of nitrogens with zero attached hydrogens (tertiary/aromatic N) is 5. The van der Waals surface area contributed by atoms with E-state index in [0.717, 1.165) is 36.6 Å². The quantitative estimate of drug-likeness (QED) is 0.707. The molecule has 3 aromatic heterocycles. The summed E-state index contributed by atoms with van der Waals surface area (Å²) >= 11 is 0. The molecule has 7 heteroatoms. The van der Waals surface area contributed by atoms with Gasteiger partial charge in [-0.05, 0) is 19.3 Å². The molecule has 0 aliphatic heterocycles. The van der Waals surface area contributed by atoms with Gasteiger partial charge in [-0.15, -0.1) is 10.2 Å². The summed E-state index contributed by atoms with van der Waals surface area (Å²) in [7, 11) is 0. The number of H-pyrrole nitrogens is 1. The van der Waals surface area contributed by atoms with Gasteiger partial charge in [0.2, 0.25) is 0 Å². The summed E-state index contributed by atoms with van der Waals surface area (Å²) < 4.78 is 1.87. The summed E-state index contributed by atoms with van der Waals surface area (Å²) in [4.78, 5) is 11.7. The molecule has 0 spiro atoms. The van der Waals surface area contributed by atoms with E-state index in [4.69, 9.17) is 5.73 Å². The molecule has 1 aliphatic rings.